The molecule has 14 heavy (non-hydrogen) atoms. The Morgan fingerprint density at radius 3 is 2.93 bits per heavy atom. The van der Waals surface area contributed by atoms with Gasteiger partial charge in [-0.15, -0.1) is 6.42 Å². The standard InChI is InChI=1S/C13H17N/c1-4-7-11(3)14-13-9-6-8-12(5-2)10-13/h2,6,8-11,14H,4,7H2,1,3H3. The van der Waals surface area contributed by atoms with E-state index in [1.54, 1.807) is 0 Å². The molecular weight excluding hydrogens is 170 g/mol. The minimum Gasteiger partial charge on any atom is -0.383 e. The Balaban J connectivity index is 2.63. The van der Waals surface area contributed by atoms with E-state index in [-0.39, 0.29) is 0 Å². The van der Waals surface area contributed by atoms with Crippen LogP contribution >= 0.6 is 0 Å². The van der Waals surface area contributed by atoms with Gasteiger partial charge in [0.2, 0.25) is 0 Å². The number of anilines is 1. The number of rotatable bonds is 4. The highest BCUT2D eigenvalue weighted by atomic mass is 14.9. The van der Waals surface area contributed by atoms with Crippen molar-refractivity contribution in [3.05, 3.63) is 29.8 Å². The Kier molecular flexibility index (Phi) is 4.07. The van der Waals surface area contributed by atoms with Crippen molar-refractivity contribution >= 4 is 5.69 Å². The van der Waals surface area contributed by atoms with Gasteiger partial charge < -0.3 is 5.32 Å². The van der Waals surface area contributed by atoms with Gasteiger partial charge in [-0.1, -0.05) is 25.3 Å². The summed E-state index contributed by atoms with van der Waals surface area (Å²) in [5, 5.41) is 3.42. The van der Waals surface area contributed by atoms with Crippen LogP contribution in [0.1, 0.15) is 32.3 Å². The van der Waals surface area contributed by atoms with Gasteiger partial charge in [0.25, 0.3) is 0 Å². The molecule has 74 valence electrons. The van der Waals surface area contributed by atoms with Crippen molar-refractivity contribution in [2.75, 3.05) is 5.32 Å². The lowest BCUT2D eigenvalue weighted by Crippen LogP contribution is -2.14. The fraction of sp³-hybridized carbons (Fsp3) is 0.385. The molecule has 0 aliphatic heterocycles. The minimum atomic E-state index is 0.507. The van der Waals surface area contributed by atoms with Crippen molar-refractivity contribution in [1.29, 1.82) is 0 Å². The van der Waals surface area contributed by atoms with Crippen molar-refractivity contribution in [1.82, 2.24) is 0 Å². The third kappa shape index (κ3) is 3.14. The van der Waals surface area contributed by atoms with E-state index in [0.29, 0.717) is 6.04 Å². The van der Waals surface area contributed by atoms with Crippen LogP contribution in [-0.4, -0.2) is 6.04 Å². The van der Waals surface area contributed by atoms with E-state index >= 15 is 0 Å². The van der Waals surface area contributed by atoms with Gasteiger partial charge in [0.05, 0.1) is 0 Å². The monoisotopic (exact) mass is 187 g/mol. The second-order valence-electron chi connectivity index (χ2n) is 3.56. The number of benzene rings is 1. The third-order valence-electron chi connectivity index (χ3n) is 2.16. The van der Waals surface area contributed by atoms with Crippen LogP contribution in [-0.2, 0) is 0 Å². The molecule has 0 spiro atoms. The van der Waals surface area contributed by atoms with Crippen LogP contribution in [0.2, 0.25) is 0 Å². The van der Waals surface area contributed by atoms with Crippen LogP contribution in [0.25, 0.3) is 0 Å². The van der Waals surface area contributed by atoms with E-state index in [0.717, 1.165) is 11.3 Å². The highest BCUT2D eigenvalue weighted by Gasteiger charge is 1.99. The predicted molar refractivity (Wildman–Crippen MR) is 62.4 cm³/mol. The molecule has 1 unspecified atom stereocenters. The van der Waals surface area contributed by atoms with E-state index in [1.807, 2.05) is 24.3 Å². The summed E-state index contributed by atoms with van der Waals surface area (Å²) in [5.41, 5.74) is 2.04. The van der Waals surface area contributed by atoms with E-state index < -0.39 is 0 Å². The Bertz CT molecular complexity index is 322. The molecule has 0 saturated carbocycles. The molecule has 0 bridgehead atoms. The van der Waals surface area contributed by atoms with Crippen molar-refractivity contribution < 1.29 is 0 Å². The van der Waals surface area contributed by atoms with Crippen molar-refractivity contribution in [2.24, 2.45) is 0 Å². The molecule has 0 heterocycles. The molecule has 1 heteroatoms. The van der Waals surface area contributed by atoms with Crippen LogP contribution in [0.15, 0.2) is 24.3 Å². The van der Waals surface area contributed by atoms with Crippen molar-refractivity contribution in [3.63, 3.8) is 0 Å². The van der Waals surface area contributed by atoms with Gasteiger partial charge in [-0.25, -0.2) is 0 Å². The SMILES string of the molecule is C#Cc1cccc(NC(C)CCC)c1. The summed E-state index contributed by atoms with van der Waals surface area (Å²) >= 11 is 0. The van der Waals surface area contributed by atoms with Crippen molar-refractivity contribution in [3.8, 4) is 12.3 Å². The van der Waals surface area contributed by atoms with E-state index in [2.05, 4.69) is 25.1 Å². The number of hydrogen-bond donors (Lipinski definition) is 1. The second-order valence-corrected chi connectivity index (χ2v) is 3.56. The molecule has 0 aliphatic rings. The fourth-order valence-electron chi connectivity index (χ4n) is 1.49. The molecule has 0 aliphatic carbocycles. The first-order chi connectivity index (χ1) is 6.76. The van der Waals surface area contributed by atoms with E-state index in [4.69, 9.17) is 6.42 Å². The Morgan fingerprint density at radius 2 is 2.29 bits per heavy atom. The van der Waals surface area contributed by atoms with Crippen molar-refractivity contribution in [2.45, 2.75) is 32.7 Å². The lowest BCUT2D eigenvalue weighted by Gasteiger charge is -2.14. The second kappa shape index (κ2) is 5.34. The third-order valence-corrected chi connectivity index (χ3v) is 2.16. The first kappa shape index (κ1) is 10.7. The maximum absolute atomic E-state index is 5.33. The number of nitrogens with one attached hydrogen (secondary N) is 1. The molecule has 1 aromatic rings. The highest BCUT2D eigenvalue weighted by Crippen LogP contribution is 2.12. The first-order valence-electron chi connectivity index (χ1n) is 5.09. The average molecular weight is 187 g/mol. The number of hydrogen-bond acceptors (Lipinski definition) is 1. The lowest BCUT2D eigenvalue weighted by atomic mass is 10.1. The molecule has 0 amide bonds. The normalized spacial score (nSPS) is 11.8. The molecule has 1 nitrogen and oxygen atoms in total. The minimum absolute atomic E-state index is 0.507. The van der Waals surface area contributed by atoms with Gasteiger partial charge in [0, 0.05) is 17.3 Å². The predicted octanol–water partition coefficient (Wildman–Crippen LogP) is 3.27. The van der Waals surface area contributed by atoms with Gasteiger partial charge in [0.1, 0.15) is 0 Å². The van der Waals surface area contributed by atoms with Gasteiger partial charge in [-0.2, -0.15) is 0 Å². The smallest absolute Gasteiger partial charge is 0.0354 e. The molecule has 0 radical (unpaired) electrons. The molecule has 0 aromatic heterocycles. The summed E-state index contributed by atoms with van der Waals surface area (Å²) in [6.45, 7) is 4.38. The molecule has 1 aromatic carbocycles. The molecule has 0 saturated heterocycles. The fourth-order valence-corrected chi connectivity index (χ4v) is 1.49. The Labute approximate surface area is 86.5 Å². The van der Waals surface area contributed by atoms with Crippen LogP contribution in [0.5, 0.6) is 0 Å². The lowest BCUT2D eigenvalue weighted by molar-refractivity contribution is 0.690. The van der Waals surface area contributed by atoms with Gasteiger partial charge >= 0.3 is 0 Å². The highest BCUT2D eigenvalue weighted by molar-refractivity contribution is 5.50. The largest absolute Gasteiger partial charge is 0.383 e. The first-order valence-corrected chi connectivity index (χ1v) is 5.09. The molecule has 1 N–H and O–H groups in total. The average Bonchev–Trinajstić information content (AvgIpc) is 2.18. The van der Waals surface area contributed by atoms with Crippen LogP contribution < -0.4 is 5.32 Å². The maximum atomic E-state index is 5.33. The Morgan fingerprint density at radius 1 is 1.50 bits per heavy atom. The molecule has 0 fully saturated rings. The molecular formula is C13H17N. The molecule has 1 rings (SSSR count). The quantitative estimate of drug-likeness (QED) is 0.713. The number of terminal acetylenes is 1. The van der Waals surface area contributed by atoms with E-state index in [1.165, 1.54) is 12.8 Å². The zero-order chi connectivity index (χ0) is 10.4. The maximum Gasteiger partial charge on any atom is 0.0354 e. The van der Waals surface area contributed by atoms with Crippen LogP contribution in [0, 0.1) is 12.3 Å². The summed E-state index contributed by atoms with van der Waals surface area (Å²) in [5.74, 6) is 2.63. The van der Waals surface area contributed by atoms with Gasteiger partial charge in [-0.3, -0.25) is 0 Å². The summed E-state index contributed by atoms with van der Waals surface area (Å²) in [6.07, 6.45) is 7.71. The van der Waals surface area contributed by atoms with E-state index in [9.17, 15) is 0 Å². The Hall–Kier alpha value is -1.42. The van der Waals surface area contributed by atoms with Crippen LogP contribution in [0.3, 0.4) is 0 Å². The summed E-state index contributed by atoms with van der Waals surface area (Å²) in [6, 6.07) is 8.48. The van der Waals surface area contributed by atoms with Gasteiger partial charge in [-0.05, 0) is 31.5 Å². The van der Waals surface area contributed by atoms with Crippen LogP contribution in [0.4, 0.5) is 5.69 Å². The van der Waals surface area contributed by atoms with Gasteiger partial charge in [0.15, 0.2) is 0 Å². The zero-order valence-electron chi connectivity index (χ0n) is 8.88. The summed E-state index contributed by atoms with van der Waals surface area (Å²) < 4.78 is 0. The zero-order valence-corrected chi connectivity index (χ0v) is 8.88. The topological polar surface area (TPSA) is 12.0 Å². The summed E-state index contributed by atoms with van der Waals surface area (Å²) in [7, 11) is 0. The molecule has 1 atom stereocenters. The summed E-state index contributed by atoms with van der Waals surface area (Å²) in [4.78, 5) is 0.